The number of carbonyl (C=O) groups excluding carboxylic acids is 1. The lowest BCUT2D eigenvalue weighted by atomic mass is 9.98. The summed E-state index contributed by atoms with van der Waals surface area (Å²) in [4.78, 5) is 23.0. The summed E-state index contributed by atoms with van der Waals surface area (Å²) in [6.07, 6.45) is 1.08. The van der Waals surface area contributed by atoms with E-state index in [1.54, 1.807) is 12.1 Å². The van der Waals surface area contributed by atoms with Crippen molar-refractivity contribution in [2.24, 2.45) is 0 Å². The highest BCUT2D eigenvalue weighted by atomic mass is 16.6. The number of ether oxygens (including phenoxy) is 1. The number of alkyl carbamates (subject to hydrolysis) is 1. The Labute approximate surface area is 124 Å². The predicted octanol–water partition coefficient (Wildman–Crippen LogP) is 3.21. The largest absolute Gasteiger partial charge is 0.478 e. The zero-order valence-corrected chi connectivity index (χ0v) is 12.8. The monoisotopic (exact) mass is 291 g/mol. The van der Waals surface area contributed by atoms with E-state index in [2.05, 4.69) is 5.32 Å². The first kappa shape index (κ1) is 15.4. The standard InChI is InChI=1S/C16H21NO4/c1-9-10-7-8-13(17-15(20)21-16(2,3)4)12(10)6-5-11(9)14(18)19/h5-6,13H,7-8H2,1-4H3,(H,17,20)(H,18,19)/t13-/m1/s1. The minimum absolute atomic E-state index is 0.114. The van der Waals surface area contributed by atoms with Crippen molar-refractivity contribution in [3.05, 3.63) is 34.4 Å². The second kappa shape index (κ2) is 5.39. The number of hydrogen-bond acceptors (Lipinski definition) is 3. The second-order valence-corrected chi connectivity index (χ2v) is 6.35. The van der Waals surface area contributed by atoms with Crippen LogP contribution in [0.4, 0.5) is 4.79 Å². The lowest BCUT2D eigenvalue weighted by Gasteiger charge is -2.22. The number of amides is 1. The Balaban J connectivity index is 2.18. The number of nitrogens with one attached hydrogen (secondary N) is 1. The molecule has 1 aliphatic rings. The molecule has 0 saturated carbocycles. The first-order valence-corrected chi connectivity index (χ1v) is 7.04. The number of fused-ring (bicyclic) bond motifs is 1. The molecular formula is C16H21NO4. The maximum atomic E-state index is 11.9. The molecule has 1 amide bonds. The number of hydrogen-bond donors (Lipinski definition) is 2. The molecule has 5 heteroatoms. The molecule has 1 aromatic rings. The number of carboxylic acid groups (broad SMARTS) is 1. The van der Waals surface area contributed by atoms with Crippen LogP contribution >= 0.6 is 0 Å². The summed E-state index contributed by atoms with van der Waals surface area (Å²) >= 11 is 0. The van der Waals surface area contributed by atoms with Crippen LogP contribution in [0.3, 0.4) is 0 Å². The van der Waals surface area contributed by atoms with Gasteiger partial charge in [0.15, 0.2) is 0 Å². The zero-order valence-electron chi connectivity index (χ0n) is 12.8. The number of benzene rings is 1. The van der Waals surface area contributed by atoms with E-state index >= 15 is 0 Å². The molecule has 1 aromatic carbocycles. The van der Waals surface area contributed by atoms with Gasteiger partial charge >= 0.3 is 12.1 Å². The van der Waals surface area contributed by atoms with E-state index in [4.69, 9.17) is 9.84 Å². The Kier molecular flexibility index (Phi) is 3.94. The smallest absolute Gasteiger partial charge is 0.408 e. The van der Waals surface area contributed by atoms with Gasteiger partial charge in [0.05, 0.1) is 11.6 Å². The molecule has 21 heavy (non-hydrogen) atoms. The lowest BCUT2D eigenvalue weighted by molar-refractivity contribution is 0.0503. The molecule has 0 aliphatic heterocycles. The van der Waals surface area contributed by atoms with Crippen molar-refractivity contribution < 1.29 is 19.4 Å². The van der Waals surface area contributed by atoms with Crippen LogP contribution in [0.1, 0.15) is 60.3 Å². The third-order valence-corrected chi connectivity index (χ3v) is 3.61. The van der Waals surface area contributed by atoms with Crippen LogP contribution in [-0.4, -0.2) is 22.8 Å². The summed E-state index contributed by atoms with van der Waals surface area (Å²) in [6.45, 7) is 7.27. The van der Waals surface area contributed by atoms with Gasteiger partial charge in [0.1, 0.15) is 5.60 Å². The molecule has 0 bridgehead atoms. The molecule has 1 aliphatic carbocycles. The molecule has 0 spiro atoms. The summed E-state index contributed by atoms with van der Waals surface area (Å²) in [5, 5.41) is 12.0. The predicted molar refractivity (Wildman–Crippen MR) is 78.6 cm³/mol. The van der Waals surface area contributed by atoms with Crippen LogP contribution in [0.5, 0.6) is 0 Å². The molecule has 5 nitrogen and oxygen atoms in total. The van der Waals surface area contributed by atoms with Gasteiger partial charge in [0.2, 0.25) is 0 Å². The van der Waals surface area contributed by atoms with Crippen LogP contribution in [0.2, 0.25) is 0 Å². The number of aromatic carboxylic acids is 1. The molecule has 0 radical (unpaired) electrons. The first-order chi connectivity index (χ1) is 9.69. The van der Waals surface area contributed by atoms with Crippen molar-refractivity contribution in [1.29, 1.82) is 0 Å². The zero-order chi connectivity index (χ0) is 15.8. The van der Waals surface area contributed by atoms with Crippen molar-refractivity contribution in [3.8, 4) is 0 Å². The average molecular weight is 291 g/mol. The van der Waals surface area contributed by atoms with Crippen LogP contribution in [0.15, 0.2) is 12.1 Å². The third-order valence-electron chi connectivity index (χ3n) is 3.61. The molecule has 0 aromatic heterocycles. The molecule has 1 atom stereocenters. The molecule has 114 valence electrons. The molecule has 0 unspecified atom stereocenters. The summed E-state index contributed by atoms with van der Waals surface area (Å²) in [5.41, 5.74) is 2.59. The van der Waals surface area contributed by atoms with Crippen molar-refractivity contribution in [2.45, 2.75) is 52.2 Å². The highest BCUT2D eigenvalue weighted by Crippen LogP contribution is 2.34. The molecule has 0 heterocycles. The molecule has 2 N–H and O–H groups in total. The summed E-state index contributed by atoms with van der Waals surface area (Å²) in [7, 11) is 0. The highest BCUT2D eigenvalue weighted by Gasteiger charge is 2.28. The van der Waals surface area contributed by atoms with Gasteiger partial charge < -0.3 is 15.2 Å². The van der Waals surface area contributed by atoms with E-state index in [0.29, 0.717) is 5.56 Å². The Morgan fingerprint density at radius 1 is 1.33 bits per heavy atom. The van der Waals surface area contributed by atoms with E-state index in [0.717, 1.165) is 29.5 Å². The fourth-order valence-corrected chi connectivity index (χ4v) is 2.71. The number of carboxylic acids is 1. The molecule has 2 rings (SSSR count). The van der Waals surface area contributed by atoms with Gasteiger partial charge in [0, 0.05) is 0 Å². The van der Waals surface area contributed by atoms with Crippen molar-refractivity contribution in [1.82, 2.24) is 5.32 Å². The van der Waals surface area contributed by atoms with Gasteiger partial charge in [0.25, 0.3) is 0 Å². The average Bonchev–Trinajstić information content (AvgIpc) is 2.70. The minimum atomic E-state index is -0.918. The normalized spacial score (nSPS) is 17.2. The Morgan fingerprint density at radius 3 is 2.57 bits per heavy atom. The van der Waals surface area contributed by atoms with Crippen LogP contribution in [0, 0.1) is 6.92 Å². The topological polar surface area (TPSA) is 75.6 Å². The molecule has 0 fully saturated rings. The van der Waals surface area contributed by atoms with Gasteiger partial charge in [-0.1, -0.05) is 6.07 Å². The maximum absolute atomic E-state index is 11.9. The first-order valence-electron chi connectivity index (χ1n) is 7.04. The molecule has 0 saturated heterocycles. The number of carbonyl (C=O) groups is 2. The van der Waals surface area contributed by atoms with Crippen molar-refractivity contribution >= 4 is 12.1 Å². The van der Waals surface area contributed by atoms with E-state index in [1.807, 2.05) is 27.7 Å². The van der Waals surface area contributed by atoms with E-state index in [9.17, 15) is 9.59 Å². The minimum Gasteiger partial charge on any atom is -0.478 e. The van der Waals surface area contributed by atoms with Gasteiger partial charge in [-0.05, 0) is 63.3 Å². The molecular weight excluding hydrogens is 270 g/mol. The number of rotatable bonds is 2. The summed E-state index contributed by atoms with van der Waals surface area (Å²) in [5.74, 6) is -0.918. The highest BCUT2D eigenvalue weighted by molar-refractivity contribution is 5.90. The van der Waals surface area contributed by atoms with E-state index in [-0.39, 0.29) is 6.04 Å². The quantitative estimate of drug-likeness (QED) is 0.877. The third kappa shape index (κ3) is 3.35. The Bertz CT molecular complexity index is 587. The Morgan fingerprint density at radius 2 is 2.00 bits per heavy atom. The SMILES string of the molecule is Cc1c(C(=O)O)ccc2c1CC[C@H]2NC(=O)OC(C)(C)C. The van der Waals surface area contributed by atoms with Crippen LogP contribution in [0.25, 0.3) is 0 Å². The van der Waals surface area contributed by atoms with Crippen LogP contribution < -0.4 is 5.32 Å². The lowest BCUT2D eigenvalue weighted by Crippen LogP contribution is -2.34. The van der Waals surface area contributed by atoms with Gasteiger partial charge in [-0.3, -0.25) is 0 Å². The van der Waals surface area contributed by atoms with Crippen molar-refractivity contribution in [3.63, 3.8) is 0 Å². The summed E-state index contributed by atoms with van der Waals surface area (Å²) in [6, 6.07) is 3.28. The van der Waals surface area contributed by atoms with Gasteiger partial charge in [-0.15, -0.1) is 0 Å². The van der Waals surface area contributed by atoms with E-state index in [1.165, 1.54) is 0 Å². The van der Waals surface area contributed by atoms with Gasteiger partial charge in [-0.25, -0.2) is 9.59 Å². The fraction of sp³-hybridized carbons (Fsp3) is 0.500. The maximum Gasteiger partial charge on any atom is 0.408 e. The Hall–Kier alpha value is -2.04. The fourth-order valence-electron chi connectivity index (χ4n) is 2.71. The van der Waals surface area contributed by atoms with Crippen molar-refractivity contribution in [2.75, 3.05) is 0 Å². The van der Waals surface area contributed by atoms with Gasteiger partial charge in [-0.2, -0.15) is 0 Å². The van der Waals surface area contributed by atoms with Crippen LogP contribution in [-0.2, 0) is 11.2 Å². The summed E-state index contributed by atoms with van der Waals surface area (Å²) < 4.78 is 5.26. The van der Waals surface area contributed by atoms with E-state index < -0.39 is 17.7 Å². The second-order valence-electron chi connectivity index (χ2n) is 6.35.